The first-order valence-electron chi connectivity index (χ1n) is 5.24. The van der Waals surface area contributed by atoms with Gasteiger partial charge in [0.1, 0.15) is 11.5 Å². The second-order valence-electron chi connectivity index (χ2n) is 3.92. The molecule has 5 nitrogen and oxygen atoms in total. The molecule has 0 fully saturated rings. The van der Waals surface area contributed by atoms with Crippen molar-refractivity contribution < 1.29 is 4.79 Å². The highest BCUT2D eigenvalue weighted by atomic mass is 16.1. The van der Waals surface area contributed by atoms with E-state index >= 15 is 0 Å². The van der Waals surface area contributed by atoms with Gasteiger partial charge in [0, 0.05) is 13.6 Å². The normalized spacial score (nSPS) is 20.2. The van der Waals surface area contributed by atoms with E-state index in [0.29, 0.717) is 6.54 Å². The fraction of sp³-hybridized carbons (Fsp3) is 0.600. The zero-order valence-electron chi connectivity index (χ0n) is 9.29. The molecule has 1 aromatic heterocycles. The third kappa shape index (κ3) is 1.58. The van der Waals surface area contributed by atoms with E-state index in [4.69, 9.17) is 0 Å². The topological polar surface area (TPSA) is 59.0 Å². The van der Waals surface area contributed by atoms with Gasteiger partial charge in [0.05, 0.1) is 11.6 Å². The summed E-state index contributed by atoms with van der Waals surface area (Å²) in [4.78, 5) is 11.7. The lowest BCUT2D eigenvalue weighted by atomic mass is 10.2. The molecule has 2 rings (SSSR count). The molecule has 15 heavy (non-hydrogen) atoms. The molecule has 1 atom stereocenters. The molecule has 0 spiro atoms. The van der Waals surface area contributed by atoms with Crippen LogP contribution in [0.15, 0.2) is 0 Å². The van der Waals surface area contributed by atoms with Crippen LogP contribution in [0.2, 0.25) is 0 Å². The number of nitrogens with one attached hydrogen (secondary N) is 2. The van der Waals surface area contributed by atoms with E-state index in [0.717, 1.165) is 23.6 Å². The van der Waals surface area contributed by atoms with Crippen molar-refractivity contribution in [2.45, 2.75) is 20.3 Å². The Morgan fingerprint density at radius 2 is 2.33 bits per heavy atom. The molecule has 1 amide bonds. The fourth-order valence-corrected chi connectivity index (χ4v) is 1.75. The summed E-state index contributed by atoms with van der Waals surface area (Å²) in [6.07, 6.45) is 0.819. The van der Waals surface area contributed by atoms with E-state index in [1.807, 2.05) is 20.9 Å². The Balaban J connectivity index is 2.44. The number of carbonyl (C=O) groups excluding carboxylic acids is 1. The average molecular weight is 208 g/mol. The molecule has 1 unspecified atom stereocenters. The lowest BCUT2D eigenvalue weighted by Gasteiger charge is -2.06. The van der Waals surface area contributed by atoms with E-state index in [1.165, 1.54) is 0 Å². The maximum absolute atomic E-state index is 11.7. The van der Waals surface area contributed by atoms with E-state index in [1.54, 1.807) is 4.68 Å². The van der Waals surface area contributed by atoms with Crippen LogP contribution < -0.4 is 10.6 Å². The Hall–Kier alpha value is -1.52. The van der Waals surface area contributed by atoms with Crippen LogP contribution in [0, 0.1) is 5.92 Å². The summed E-state index contributed by atoms with van der Waals surface area (Å²) >= 11 is 0. The molecule has 82 valence electrons. The van der Waals surface area contributed by atoms with Crippen molar-refractivity contribution in [2.75, 3.05) is 17.2 Å². The van der Waals surface area contributed by atoms with Gasteiger partial charge in [-0.1, -0.05) is 13.8 Å². The third-order valence-corrected chi connectivity index (χ3v) is 2.73. The summed E-state index contributed by atoms with van der Waals surface area (Å²) in [5, 5.41) is 10.5. The Morgan fingerprint density at radius 1 is 1.60 bits per heavy atom. The maximum Gasteiger partial charge on any atom is 0.229 e. The molecular formula is C10H16N4O. The first kappa shape index (κ1) is 10.0. The standard InChI is InChI=1S/C10H16N4O/c1-4-7-8-9(14(3)13-7)11-5-6(2)10(15)12-8/h6,11H,4-5H2,1-3H3,(H,12,15). The predicted molar refractivity (Wildman–Crippen MR) is 58.9 cm³/mol. The van der Waals surface area contributed by atoms with Crippen LogP contribution in [0.25, 0.3) is 0 Å². The van der Waals surface area contributed by atoms with Gasteiger partial charge in [-0.15, -0.1) is 0 Å². The Morgan fingerprint density at radius 3 is 3.00 bits per heavy atom. The van der Waals surface area contributed by atoms with Gasteiger partial charge >= 0.3 is 0 Å². The highest BCUT2D eigenvalue weighted by molar-refractivity contribution is 5.97. The van der Waals surface area contributed by atoms with Crippen LogP contribution in [0.3, 0.4) is 0 Å². The van der Waals surface area contributed by atoms with Crippen LogP contribution in [0.1, 0.15) is 19.5 Å². The molecule has 0 radical (unpaired) electrons. The van der Waals surface area contributed by atoms with E-state index in [2.05, 4.69) is 15.7 Å². The number of carbonyl (C=O) groups is 1. The third-order valence-electron chi connectivity index (χ3n) is 2.73. The molecular weight excluding hydrogens is 192 g/mol. The van der Waals surface area contributed by atoms with Crippen molar-refractivity contribution in [3.63, 3.8) is 0 Å². The van der Waals surface area contributed by atoms with Gasteiger partial charge in [0.15, 0.2) is 0 Å². The fourth-order valence-electron chi connectivity index (χ4n) is 1.75. The van der Waals surface area contributed by atoms with Crippen LogP contribution in [-0.4, -0.2) is 22.2 Å². The molecule has 0 saturated heterocycles. The second-order valence-corrected chi connectivity index (χ2v) is 3.92. The van der Waals surface area contributed by atoms with Crippen molar-refractivity contribution >= 4 is 17.4 Å². The smallest absolute Gasteiger partial charge is 0.229 e. The molecule has 0 aliphatic carbocycles. The Labute approximate surface area is 88.8 Å². The first-order valence-corrected chi connectivity index (χ1v) is 5.24. The number of hydrogen-bond donors (Lipinski definition) is 2. The van der Waals surface area contributed by atoms with Crippen molar-refractivity contribution in [2.24, 2.45) is 13.0 Å². The number of aryl methyl sites for hydroxylation is 2. The SMILES string of the molecule is CCc1nn(C)c2c1NC(=O)C(C)CN2. The minimum Gasteiger partial charge on any atom is -0.368 e. The van der Waals surface area contributed by atoms with E-state index < -0.39 is 0 Å². The van der Waals surface area contributed by atoms with Gasteiger partial charge in [0.25, 0.3) is 0 Å². The summed E-state index contributed by atoms with van der Waals surface area (Å²) in [7, 11) is 1.88. The van der Waals surface area contributed by atoms with Crippen LogP contribution >= 0.6 is 0 Å². The molecule has 1 aliphatic rings. The average Bonchev–Trinajstić information content (AvgIpc) is 2.42. The van der Waals surface area contributed by atoms with Crippen LogP contribution in [-0.2, 0) is 18.3 Å². The summed E-state index contributed by atoms with van der Waals surface area (Å²) in [5.74, 6) is 0.954. The summed E-state index contributed by atoms with van der Waals surface area (Å²) < 4.78 is 1.78. The number of anilines is 2. The van der Waals surface area contributed by atoms with Crippen LogP contribution in [0.5, 0.6) is 0 Å². The van der Waals surface area contributed by atoms with Crippen molar-refractivity contribution in [1.82, 2.24) is 9.78 Å². The minimum atomic E-state index is -0.0119. The number of nitrogens with zero attached hydrogens (tertiary/aromatic N) is 2. The zero-order chi connectivity index (χ0) is 11.0. The number of amides is 1. The molecule has 0 saturated carbocycles. The van der Waals surface area contributed by atoms with Gasteiger partial charge in [-0.3, -0.25) is 9.48 Å². The largest absolute Gasteiger partial charge is 0.368 e. The first-order chi connectivity index (χ1) is 7.13. The number of fused-ring (bicyclic) bond motifs is 1. The second kappa shape index (κ2) is 3.56. The molecule has 0 aromatic carbocycles. The summed E-state index contributed by atoms with van der Waals surface area (Å²) in [6.45, 7) is 4.60. The van der Waals surface area contributed by atoms with E-state index in [-0.39, 0.29) is 11.8 Å². The monoisotopic (exact) mass is 208 g/mol. The molecule has 5 heteroatoms. The van der Waals surface area contributed by atoms with Gasteiger partial charge in [0.2, 0.25) is 5.91 Å². The van der Waals surface area contributed by atoms with Crippen molar-refractivity contribution in [3.05, 3.63) is 5.69 Å². The zero-order valence-corrected chi connectivity index (χ0v) is 9.29. The number of hydrogen-bond acceptors (Lipinski definition) is 3. The van der Waals surface area contributed by atoms with E-state index in [9.17, 15) is 4.79 Å². The molecule has 1 aliphatic heterocycles. The summed E-state index contributed by atoms with van der Waals surface area (Å²) in [5.41, 5.74) is 1.77. The molecule has 0 bridgehead atoms. The van der Waals surface area contributed by atoms with Gasteiger partial charge in [-0.2, -0.15) is 5.10 Å². The molecule has 2 heterocycles. The quantitative estimate of drug-likeness (QED) is 0.723. The highest BCUT2D eigenvalue weighted by Crippen LogP contribution is 2.28. The Kier molecular flexibility index (Phi) is 2.38. The molecule has 2 N–H and O–H groups in total. The lowest BCUT2D eigenvalue weighted by molar-refractivity contribution is -0.118. The Bertz CT molecular complexity index is 396. The number of rotatable bonds is 1. The minimum absolute atomic E-state index is 0.0119. The summed E-state index contributed by atoms with van der Waals surface area (Å²) in [6, 6.07) is 0. The molecule has 1 aromatic rings. The van der Waals surface area contributed by atoms with Gasteiger partial charge in [-0.05, 0) is 6.42 Å². The number of aromatic nitrogens is 2. The maximum atomic E-state index is 11.7. The van der Waals surface area contributed by atoms with Crippen molar-refractivity contribution in [1.29, 1.82) is 0 Å². The van der Waals surface area contributed by atoms with Crippen LogP contribution in [0.4, 0.5) is 11.5 Å². The highest BCUT2D eigenvalue weighted by Gasteiger charge is 2.24. The lowest BCUT2D eigenvalue weighted by Crippen LogP contribution is -2.23. The predicted octanol–water partition coefficient (Wildman–Crippen LogP) is 0.983. The van der Waals surface area contributed by atoms with Crippen molar-refractivity contribution in [3.8, 4) is 0 Å². The van der Waals surface area contributed by atoms with Gasteiger partial charge < -0.3 is 10.6 Å². The van der Waals surface area contributed by atoms with Gasteiger partial charge in [-0.25, -0.2) is 0 Å².